The molecule has 2 heterocycles. The molecule has 3 rings (SSSR count). The lowest BCUT2D eigenvalue weighted by Crippen LogP contribution is -2.35. The van der Waals surface area contributed by atoms with E-state index >= 15 is 0 Å². The highest BCUT2D eigenvalue weighted by Gasteiger charge is 2.24. The van der Waals surface area contributed by atoms with E-state index in [9.17, 15) is 0 Å². The van der Waals surface area contributed by atoms with Crippen molar-refractivity contribution in [2.24, 2.45) is 7.05 Å². The summed E-state index contributed by atoms with van der Waals surface area (Å²) in [6.45, 7) is 11.1. The van der Waals surface area contributed by atoms with E-state index in [1.165, 1.54) is 28.1 Å². The lowest BCUT2D eigenvalue weighted by Gasteiger charge is -2.21. The van der Waals surface area contributed by atoms with E-state index in [4.69, 9.17) is 0 Å². The average Bonchev–Trinajstić information content (AvgIpc) is 2.93. The van der Waals surface area contributed by atoms with Crippen LogP contribution in [0.5, 0.6) is 0 Å². The molecular formula is C21H26N3+. The van der Waals surface area contributed by atoms with E-state index in [1.54, 1.807) is 0 Å². The van der Waals surface area contributed by atoms with Crippen molar-refractivity contribution < 1.29 is 4.57 Å². The number of benzene rings is 1. The Bertz CT molecular complexity index is 882. The maximum Gasteiger partial charge on any atom is 0.214 e. The molecule has 3 nitrogen and oxygen atoms in total. The Morgan fingerprint density at radius 2 is 1.83 bits per heavy atom. The molecule has 0 saturated carbocycles. The number of hydrogen-bond acceptors (Lipinski definition) is 1. The number of aromatic nitrogens is 3. The number of hydrogen-bond donors (Lipinski definition) is 0. The van der Waals surface area contributed by atoms with Gasteiger partial charge in [-0.2, -0.15) is 4.57 Å². The van der Waals surface area contributed by atoms with Crippen LogP contribution in [0.3, 0.4) is 0 Å². The predicted octanol–water partition coefficient (Wildman–Crippen LogP) is 4.28. The molecule has 24 heavy (non-hydrogen) atoms. The Hall–Kier alpha value is -2.42. The van der Waals surface area contributed by atoms with Crippen LogP contribution in [0.15, 0.2) is 48.9 Å². The summed E-state index contributed by atoms with van der Waals surface area (Å²) in [6, 6.07) is 10.9. The standard InChI is InChI=1S/C21H26N3/c1-15-9-7-8-11-24(15)19-14-17(21(3,4)5)13-18(16(19)2)20-22-10-12-23(20)6/h7-14H,1-6H3/q+1. The second-order valence-electron chi connectivity index (χ2n) is 7.49. The normalized spacial score (nSPS) is 11.8. The summed E-state index contributed by atoms with van der Waals surface area (Å²) in [5.74, 6) is 1.01. The predicted molar refractivity (Wildman–Crippen MR) is 98.4 cm³/mol. The SMILES string of the molecule is Cc1c(-c2nccn2C)cc(C(C)(C)C)cc1-[n+]1ccccc1C. The smallest absolute Gasteiger partial charge is 0.214 e. The van der Waals surface area contributed by atoms with Crippen LogP contribution < -0.4 is 4.57 Å². The van der Waals surface area contributed by atoms with E-state index in [2.05, 4.69) is 85.3 Å². The first kappa shape index (κ1) is 16.4. The number of imidazole rings is 1. The number of aryl methyl sites for hydroxylation is 2. The highest BCUT2D eigenvalue weighted by molar-refractivity contribution is 5.66. The molecule has 0 spiro atoms. The van der Waals surface area contributed by atoms with Gasteiger partial charge in [0.2, 0.25) is 5.69 Å². The van der Waals surface area contributed by atoms with Crippen LogP contribution >= 0.6 is 0 Å². The number of nitrogens with zero attached hydrogens (tertiary/aromatic N) is 3. The van der Waals surface area contributed by atoms with Gasteiger partial charge in [-0.05, 0) is 24.0 Å². The van der Waals surface area contributed by atoms with E-state index in [-0.39, 0.29) is 5.41 Å². The molecule has 0 atom stereocenters. The summed E-state index contributed by atoms with van der Waals surface area (Å²) in [6.07, 6.45) is 5.99. The maximum absolute atomic E-state index is 4.58. The van der Waals surface area contributed by atoms with Crippen molar-refractivity contribution in [1.82, 2.24) is 9.55 Å². The van der Waals surface area contributed by atoms with Crippen molar-refractivity contribution >= 4 is 0 Å². The first-order valence-electron chi connectivity index (χ1n) is 8.39. The molecule has 3 aromatic rings. The zero-order chi connectivity index (χ0) is 17.5. The van der Waals surface area contributed by atoms with Gasteiger partial charge in [0.15, 0.2) is 11.9 Å². The minimum Gasteiger partial charge on any atom is -0.334 e. The van der Waals surface area contributed by atoms with Crippen LogP contribution in [0.4, 0.5) is 0 Å². The number of rotatable bonds is 2. The van der Waals surface area contributed by atoms with Crippen LogP contribution in [0.1, 0.15) is 37.6 Å². The molecule has 0 fully saturated rings. The molecular weight excluding hydrogens is 294 g/mol. The largest absolute Gasteiger partial charge is 0.334 e. The molecule has 1 aromatic carbocycles. The summed E-state index contributed by atoms with van der Waals surface area (Å²) in [5, 5.41) is 0. The van der Waals surface area contributed by atoms with Crippen molar-refractivity contribution in [2.75, 3.05) is 0 Å². The lowest BCUT2D eigenvalue weighted by molar-refractivity contribution is -0.603. The fourth-order valence-corrected chi connectivity index (χ4v) is 3.04. The van der Waals surface area contributed by atoms with Crippen LogP contribution in [-0.2, 0) is 12.5 Å². The maximum atomic E-state index is 4.58. The van der Waals surface area contributed by atoms with Gasteiger partial charge >= 0.3 is 0 Å². The third kappa shape index (κ3) is 2.86. The molecule has 3 heteroatoms. The molecule has 0 aliphatic carbocycles. The average molecular weight is 320 g/mol. The molecule has 0 radical (unpaired) electrons. The van der Waals surface area contributed by atoms with Gasteiger partial charge in [-0.25, -0.2) is 4.98 Å². The fraction of sp³-hybridized carbons (Fsp3) is 0.333. The highest BCUT2D eigenvalue weighted by atomic mass is 15.0. The zero-order valence-corrected chi connectivity index (χ0v) is 15.5. The molecule has 124 valence electrons. The Morgan fingerprint density at radius 1 is 1.08 bits per heavy atom. The Kier molecular flexibility index (Phi) is 4.04. The minimum absolute atomic E-state index is 0.0750. The van der Waals surface area contributed by atoms with Gasteiger partial charge in [0, 0.05) is 55.7 Å². The van der Waals surface area contributed by atoms with Crippen molar-refractivity contribution in [3.05, 3.63) is 65.7 Å². The van der Waals surface area contributed by atoms with Crippen molar-refractivity contribution in [2.45, 2.75) is 40.0 Å². The van der Waals surface area contributed by atoms with Crippen LogP contribution in [0.2, 0.25) is 0 Å². The minimum atomic E-state index is 0.0750. The van der Waals surface area contributed by atoms with E-state index < -0.39 is 0 Å². The van der Waals surface area contributed by atoms with Gasteiger partial charge in [0.05, 0.1) is 0 Å². The molecule has 0 amide bonds. The molecule has 0 bridgehead atoms. The highest BCUT2D eigenvalue weighted by Crippen LogP contribution is 2.32. The van der Waals surface area contributed by atoms with E-state index in [0.29, 0.717) is 0 Å². The second kappa shape index (κ2) is 5.90. The van der Waals surface area contributed by atoms with E-state index in [0.717, 1.165) is 5.82 Å². The molecule has 0 aliphatic heterocycles. The summed E-state index contributed by atoms with van der Waals surface area (Å²) in [4.78, 5) is 4.58. The molecule has 0 unspecified atom stereocenters. The molecule has 0 aliphatic rings. The first-order chi connectivity index (χ1) is 11.3. The van der Waals surface area contributed by atoms with Crippen molar-refractivity contribution in [3.8, 4) is 17.1 Å². The van der Waals surface area contributed by atoms with Crippen LogP contribution in [0, 0.1) is 13.8 Å². The van der Waals surface area contributed by atoms with Gasteiger partial charge in [-0.3, -0.25) is 0 Å². The van der Waals surface area contributed by atoms with Gasteiger partial charge in [0.25, 0.3) is 0 Å². The first-order valence-corrected chi connectivity index (χ1v) is 8.39. The third-order valence-electron chi connectivity index (χ3n) is 4.63. The lowest BCUT2D eigenvalue weighted by atomic mass is 9.84. The van der Waals surface area contributed by atoms with Crippen LogP contribution in [-0.4, -0.2) is 9.55 Å². The van der Waals surface area contributed by atoms with Crippen LogP contribution in [0.25, 0.3) is 17.1 Å². The topological polar surface area (TPSA) is 21.7 Å². The van der Waals surface area contributed by atoms with Gasteiger partial charge in [0.1, 0.15) is 5.82 Å². The third-order valence-corrected chi connectivity index (χ3v) is 4.63. The van der Waals surface area contributed by atoms with E-state index in [1.807, 2.05) is 19.4 Å². The molecule has 0 N–H and O–H groups in total. The van der Waals surface area contributed by atoms with Gasteiger partial charge < -0.3 is 4.57 Å². The fourth-order valence-electron chi connectivity index (χ4n) is 3.04. The summed E-state index contributed by atoms with van der Waals surface area (Å²) < 4.78 is 4.35. The van der Waals surface area contributed by atoms with Gasteiger partial charge in [-0.15, -0.1) is 0 Å². The Balaban J connectivity index is 2.34. The molecule has 2 aromatic heterocycles. The monoisotopic (exact) mass is 320 g/mol. The Morgan fingerprint density at radius 3 is 2.42 bits per heavy atom. The zero-order valence-electron chi connectivity index (χ0n) is 15.5. The summed E-state index contributed by atoms with van der Waals surface area (Å²) >= 11 is 0. The second-order valence-corrected chi connectivity index (χ2v) is 7.49. The molecule has 0 saturated heterocycles. The van der Waals surface area contributed by atoms with Crippen molar-refractivity contribution in [3.63, 3.8) is 0 Å². The van der Waals surface area contributed by atoms with Gasteiger partial charge in [-0.1, -0.05) is 26.8 Å². The van der Waals surface area contributed by atoms with Crippen molar-refractivity contribution in [1.29, 1.82) is 0 Å². The summed E-state index contributed by atoms with van der Waals surface area (Å²) in [5.41, 5.74) is 6.27. The summed E-state index contributed by atoms with van der Waals surface area (Å²) in [7, 11) is 2.05. The Labute approximate surface area is 144 Å². The number of pyridine rings is 1. The quantitative estimate of drug-likeness (QED) is 0.646.